The number of piperidine rings is 1. The number of carbonyl (C=O) groups is 2. The molecule has 3 aromatic rings. The van der Waals surface area contributed by atoms with Crippen LogP contribution in [-0.4, -0.2) is 40.9 Å². The molecule has 8 heteroatoms. The number of carbonyl (C=O) groups excluding carboxylic acids is 2. The molecule has 2 aromatic heterocycles. The Bertz CT molecular complexity index is 984. The highest BCUT2D eigenvalue weighted by atomic mass is 32.1. The second-order valence-corrected chi connectivity index (χ2v) is 8.54. The van der Waals surface area contributed by atoms with Crippen molar-refractivity contribution in [2.24, 2.45) is 0 Å². The molecule has 0 bridgehead atoms. The van der Waals surface area contributed by atoms with Crippen molar-refractivity contribution in [2.45, 2.75) is 32.2 Å². The maximum atomic E-state index is 12.9. The lowest BCUT2D eigenvalue weighted by molar-refractivity contribution is -0.121. The van der Waals surface area contributed by atoms with Gasteiger partial charge in [-0.1, -0.05) is 17.4 Å². The van der Waals surface area contributed by atoms with E-state index < -0.39 is 6.04 Å². The predicted octanol–water partition coefficient (Wildman–Crippen LogP) is 4.39. The molecule has 6 nitrogen and oxygen atoms in total. The zero-order valence-electron chi connectivity index (χ0n) is 15.5. The number of thiazole rings is 1. The number of hydrogen-bond donors (Lipinski definition) is 1. The first-order chi connectivity index (χ1) is 13.7. The number of anilines is 1. The molecule has 1 N–H and O–H groups in total. The SMILES string of the molecule is CCOc1ccc2nc(NC(=O)[C@H]3CCCCN3C(=O)c3cccs3)sc2c1. The number of fused-ring (bicyclic) bond motifs is 1. The van der Waals surface area contributed by atoms with Crippen LogP contribution in [0.5, 0.6) is 5.75 Å². The van der Waals surface area contributed by atoms with Gasteiger partial charge in [0.15, 0.2) is 5.13 Å². The van der Waals surface area contributed by atoms with Crippen molar-refractivity contribution in [1.82, 2.24) is 9.88 Å². The zero-order valence-corrected chi connectivity index (χ0v) is 17.1. The molecule has 1 atom stereocenters. The van der Waals surface area contributed by atoms with Gasteiger partial charge in [-0.3, -0.25) is 9.59 Å². The summed E-state index contributed by atoms with van der Waals surface area (Å²) in [4.78, 5) is 32.6. The van der Waals surface area contributed by atoms with Gasteiger partial charge in [0.1, 0.15) is 11.8 Å². The smallest absolute Gasteiger partial charge is 0.264 e. The first-order valence-corrected chi connectivity index (χ1v) is 11.0. The summed E-state index contributed by atoms with van der Waals surface area (Å²) in [6, 6.07) is 8.89. The largest absolute Gasteiger partial charge is 0.494 e. The fourth-order valence-corrected chi connectivity index (χ4v) is 4.97. The van der Waals surface area contributed by atoms with Gasteiger partial charge in [-0.15, -0.1) is 11.3 Å². The third kappa shape index (κ3) is 3.88. The maximum Gasteiger partial charge on any atom is 0.264 e. The van der Waals surface area contributed by atoms with Crippen LogP contribution in [0.15, 0.2) is 35.7 Å². The van der Waals surface area contributed by atoms with Gasteiger partial charge in [0.05, 0.1) is 21.7 Å². The third-order valence-electron chi connectivity index (χ3n) is 4.70. The second-order valence-electron chi connectivity index (χ2n) is 6.56. The normalized spacial score (nSPS) is 16.9. The zero-order chi connectivity index (χ0) is 19.5. The van der Waals surface area contributed by atoms with E-state index in [1.54, 1.807) is 11.0 Å². The Morgan fingerprint density at radius 1 is 1.32 bits per heavy atom. The van der Waals surface area contributed by atoms with E-state index in [1.165, 1.54) is 22.7 Å². The van der Waals surface area contributed by atoms with Crippen molar-refractivity contribution in [2.75, 3.05) is 18.5 Å². The molecule has 0 unspecified atom stereocenters. The minimum atomic E-state index is -0.464. The van der Waals surface area contributed by atoms with E-state index in [4.69, 9.17) is 4.74 Å². The number of thiophene rings is 1. The minimum Gasteiger partial charge on any atom is -0.494 e. The van der Waals surface area contributed by atoms with E-state index in [9.17, 15) is 9.59 Å². The number of hydrogen-bond acceptors (Lipinski definition) is 6. The first-order valence-electron chi connectivity index (χ1n) is 9.34. The molecular formula is C20H21N3O3S2. The molecule has 1 aliphatic heterocycles. The highest BCUT2D eigenvalue weighted by Crippen LogP contribution is 2.30. The van der Waals surface area contributed by atoms with Crippen molar-refractivity contribution in [3.63, 3.8) is 0 Å². The summed E-state index contributed by atoms with van der Waals surface area (Å²) in [5, 5.41) is 5.34. The number of aromatic nitrogens is 1. The van der Waals surface area contributed by atoms with E-state index >= 15 is 0 Å². The molecule has 3 heterocycles. The molecule has 1 aliphatic rings. The van der Waals surface area contributed by atoms with Crippen LogP contribution in [0.4, 0.5) is 5.13 Å². The molecule has 4 rings (SSSR count). The Morgan fingerprint density at radius 2 is 2.21 bits per heavy atom. The summed E-state index contributed by atoms with van der Waals surface area (Å²) in [5.41, 5.74) is 0.818. The molecule has 1 aromatic carbocycles. The van der Waals surface area contributed by atoms with Gasteiger partial charge in [0, 0.05) is 6.54 Å². The standard InChI is InChI=1S/C20H21N3O3S2/c1-2-26-13-8-9-14-17(12-13)28-20(21-14)22-18(24)15-6-3-4-10-23(15)19(25)16-7-5-11-27-16/h5,7-9,11-12,15H,2-4,6,10H2,1H3,(H,21,22,24)/t15-/m1/s1. The third-order valence-corrected chi connectivity index (χ3v) is 6.49. The Morgan fingerprint density at radius 3 is 3.00 bits per heavy atom. The van der Waals surface area contributed by atoms with Crippen LogP contribution in [0.1, 0.15) is 35.9 Å². The molecule has 146 valence electrons. The Labute approximate surface area is 171 Å². The van der Waals surface area contributed by atoms with Gasteiger partial charge in [-0.25, -0.2) is 4.98 Å². The van der Waals surface area contributed by atoms with Gasteiger partial charge < -0.3 is 15.0 Å². The van der Waals surface area contributed by atoms with E-state index in [0.717, 1.165) is 28.8 Å². The topological polar surface area (TPSA) is 71.5 Å². The number of nitrogens with one attached hydrogen (secondary N) is 1. The van der Waals surface area contributed by atoms with Gasteiger partial charge in [-0.2, -0.15) is 0 Å². The van der Waals surface area contributed by atoms with E-state index in [1.807, 2.05) is 36.6 Å². The van der Waals surface area contributed by atoms with Crippen LogP contribution in [-0.2, 0) is 4.79 Å². The molecule has 1 saturated heterocycles. The minimum absolute atomic E-state index is 0.0690. The first kappa shape index (κ1) is 18.9. The van der Waals surface area contributed by atoms with E-state index in [2.05, 4.69) is 10.3 Å². The second kappa shape index (κ2) is 8.28. The number of nitrogens with zero attached hydrogens (tertiary/aromatic N) is 2. The lowest BCUT2D eigenvalue weighted by atomic mass is 10.0. The predicted molar refractivity (Wildman–Crippen MR) is 112 cm³/mol. The molecule has 1 fully saturated rings. The number of likely N-dealkylation sites (tertiary alicyclic amines) is 1. The monoisotopic (exact) mass is 415 g/mol. The van der Waals surface area contributed by atoms with Gasteiger partial charge >= 0.3 is 0 Å². The maximum absolute atomic E-state index is 12.9. The summed E-state index contributed by atoms with van der Waals surface area (Å²) in [6.07, 6.45) is 2.52. The van der Waals surface area contributed by atoms with Crippen LogP contribution >= 0.6 is 22.7 Å². The van der Waals surface area contributed by atoms with Crippen LogP contribution in [0, 0.1) is 0 Å². The number of amides is 2. The Kier molecular flexibility index (Phi) is 5.59. The summed E-state index contributed by atoms with van der Waals surface area (Å²) in [5.74, 6) is 0.547. The van der Waals surface area contributed by atoms with Crippen molar-refractivity contribution in [3.8, 4) is 5.75 Å². The molecule has 0 saturated carbocycles. The van der Waals surface area contributed by atoms with Gasteiger partial charge in [0.25, 0.3) is 5.91 Å². The Balaban J connectivity index is 1.51. The molecule has 0 radical (unpaired) electrons. The summed E-state index contributed by atoms with van der Waals surface area (Å²) < 4.78 is 6.48. The van der Waals surface area contributed by atoms with Crippen LogP contribution < -0.4 is 10.1 Å². The fraction of sp³-hybridized carbons (Fsp3) is 0.350. The lowest BCUT2D eigenvalue weighted by Crippen LogP contribution is -2.49. The average molecular weight is 416 g/mol. The van der Waals surface area contributed by atoms with Crippen LogP contribution in [0.2, 0.25) is 0 Å². The highest BCUT2D eigenvalue weighted by Gasteiger charge is 2.33. The molecule has 2 amide bonds. The van der Waals surface area contributed by atoms with Crippen molar-refractivity contribution >= 4 is 49.8 Å². The fourth-order valence-electron chi connectivity index (χ4n) is 3.39. The quantitative estimate of drug-likeness (QED) is 0.671. The molecule has 0 aliphatic carbocycles. The molecule has 28 heavy (non-hydrogen) atoms. The van der Waals surface area contributed by atoms with Crippen molar-refractivity contribution in [3.05, 3.63) is 40.6 Å². The number of benzene rings is 1. The van der Waals surface area contributed by atoms with E-state index in [0.29, 0.717) is 29.6 Å². The van der Waals surface area contributed by atoms with Gasteiger partial charge in [-0.05, 0) is 55.8 Å². The van der Waals surface area contributed by atoms with E-state index in [-0.39, 0.29) is 11.8 Å². The average Bonchev–Trinajstić information content (AvgIpc) is 3.37. The van der Waals surface area contributed by atoms with Crippen molar-refractivity contribution < 1.29 is 14.3 Å². The number of rotatable bonds is 5. The molecular weight excluding hydrogens is 394 g/mol. The Hall–Kier alpha value is -2.45. The number of ether oxygens (including phenoxy) is 1. The van der Waals surface area contributed by atoms with Crippen LogP contribution in [0.3, 0.4) is 0 Å². The summed E-state index contributed by atoms with van der Waals surface area (Å²) in [6.45, 7) is 3.14. The van der Waals surface area contributed by atoms with Crippen molar-refractivity contribution in [1.29, 1.82) is 0 Å². The van der Waals surface area contributed by atoms with Crippen LogP contribution in [0.25, 0.3) is 10.2 Å². The lowest BCUT2D eigenvalue weighted by Gasteiger charge is -2.34. The van der Waals surface area contributed by atoms with Gasteiger partial charge in [0.2, 0.25) is 5.91 Å². The summed E-state index contributed by atoms with van der Waals surface area (Å²) in [7, 11) is 0. The highest BCUT2D eigenvalue weighted by molar-refractivity contribution is 7.22. The summed E-state index contributed by atoms with van der Waals surface area (Å²) >= 11 is 2.82. The molecule has 0 spiro atoms.